The number of ether oxygens (including phenoxy) is 1. The van der Waals surface area contributed by atoms with Gasteiger partial charge >= 0.3 is 0 Å². The molecule has 2 atom stereocenters. The van der Waals surface area contributed by atoms with Crippen LogP contribution >= 0.6 is 11.3 Å². The second-order valence-electron chi connectivity index (χ2n) is 7.08. The van der Waals surface area contributed by atoms with Gasteiger partial charge < -0.3 is 4.74 Å². The zero-order chi connectivity index (χ0) is 17.2. The van der Waals surface area contributed by atoms with Crippen LogP contribution in [0.25, 0.3) is 0 Å². The van der Waals surface area contributed by atoms with Crippen LogP contribution < -0.4 is 0 Å². The minimum Gasteiger partial charge on any atom is -0.368 e. The van der Waals surface area contributed by atoms with Crippen molar-refractivity contribution in [3.8, 4) is 6.07 Å². The SMILES string of the molecule is CC1CN(Cc2ccccc2C(C)(C)C#N)CC(c2ccsc2)O1. The maximum Gasteiger partial charge on any atom is 0.0964 e. The molecule has 0 N–H and O–H groups in total. The zero-order valence-corrected chi connectivity index (χ0v) is 15.3. The topological polar surface area (TPSA) is 36.3 Å². The van der Waals surface area contributed by atoms with E-state index in [1.165, 1.54) is 11.1 Å². The smallest absolute Gasteiger partial charge is 0.0964 e. The van der Waals surface area contributed by atoms with Gasteiger partial charge in [0.25, 0.3) is 0 Å². The zero-order valence-electron chi connectivity index (χ0n) is 14.5. The number of rotatable bonds is 4. The Balaban J connectivity index is 1.80. The highest BCUT2D eigenvalue weighted by molar-refractivity contribution is 7.07. The molecule has 24 heavy (non-hydrogen) atoms. The lowest BCUT2D eigenvalue weighted by molar-refractivity contribution is -0.0813. The van der Waals surface area contributed by atoms with Crippen LogP contribution in [0.15, 0.2) is 41.1 Å². The monoisotopic (exact) mass is 340 g/mol. The second kappa shape index (κ2) is 7.06. The van der Waals surface area contributed by atoms with Crippen molar-refractivity contribution in [2.24, 2.45) is 0 Å². The van der Waals surface area contributed by atoms with Crippen molar-refractivity contribution in [1.82, 2.24) is 4.90 Å². The molecular weight excluding hydrogens is 316 g/mol. The minimum absolute atomic E-state index is 0.135. The molecule has 1 aliphatic heterocycles. The van der Waals surface area contributed by atoms with Gasteiger partial charge in [-0.3, -0.25) is 4.90 Å². The van der Waals surface area contributed by atoms with E-state index >= 15 is 0 Å². The summed E-state index contributed by atoms with van der Waals surface area (Å²) < 4.78 is 6.13. The first-order chi connectivity index (χ1) is 11.5. The number of hydrogen-bond acceptors (Lipinski definition) is 4. The minimum atomic E-state index is -0.471. The molecule has 1 fully saturated rings. The van der Waals surface area contributed by atoms with Crippen molar-refractivity contribution in [2.45, 2.75) is 44.9 Å². The quantitative estimate of drug-likeness (QED) is 0.821. The van der Waals surface area contributed by atoms with Crippen molar-refractivity contribution in [3.63, 3.8) is 0 Å². The molecule has 2 unspecified atom stereocenters. The molecule has 0 saturated carbocycles. The summed E-state index contributed by atoms with van der Waals surface area (Å²) in [6.45, 7) is 8.78. The van der Waals surface area contributed by atoms with Gasteiger partial charge in [-0.05, 0) is 54.3 Å². The largest absolute Gasteiger partial charge is 0.368 e. The predicted octanol–water partition coefficient (Wildman–Crippen LogP) is 4.51. The average molecular weight is 340 g/mol. The Morgan fingerprint density at radius 3 is 2.79 bits per heavy atom. The molecule has 1 saturated heterocycles. The standard InChI is InChI=1S/C20H24N2OS/c1-15-10-22(12-19(23-15)17-8-9-24-13-17)11-16-6-4-5-7-18(16)20(2,3)14-21/h4-9,13,15,19H,10-12H2,1-3H3. The van der Waals surface area contributed by atoms with E-state index in [1.807, 2.05) is 19.9 Å². The van der Waals surface area contributed by atoms with Crippen molar-refractivity contribution >= 4 is 11.3 Å². The van der Waals surface area contributed by atoms with Gasteiger partial charge in [0.1, 0.15) is 0 Å². The van der Waals surface area contributed by atoms with Gasteiger partial charge in [-0.25, -0.2) is 0 Å². The summed E-state index contributed by atoms with van der Waals surface area (Å²) in [5.74, 6) is 0. The van der Waals surface area contributed by atoms with Gasteiger partial charge in [0.05, 0.1) is 23.7 Å². The highest BCUT2D eigenvalue weighted by Crippen LogP contribution is 2.30. The van der Waals surface area contributed by atoms with E-state index in [0.717, 1.165) is 25.2 Å². The van der Waals surface area contributed by atoms with Crippen LogP contribution in [-0.2, 0) is 16.7 Å². The van der Waals surface area contributed by atoms with Crippen LogP contribution in [0.5, 0.6) is 0 Å². The third-order valence-corrected chi connectivity index (χ3v) is 5.32. The highest BCUT2D eigenvalue weighted by atomic mass is 32.1. The molecular formula is C20H24N2OS. The van der Waals surface area contributed by atoms with E-state index in [9.17, 15) is 5.26 Å². The Morgan fingerprint density at radius 1 is 1.29 bits per heavy atom. The predicted molar refractivity (Wildman–Crippen MR) is 98.0 cm³/mol. The molecule has 3 rings (SSSR count). The van der Waals surface area contributed by atoms with Crippen LogP contribution in [-0.4, -0.2) is 24.1 Å². The van der Waals surface area contributed by atoms with Crippen LogP contribution in [0.1, 0.15) is 43.6 Å². The second-order valence-corrected chi connectivity index (χ2v) is 7.86. The Bertz CT molecular complexity index is 717. The van der Waals surface area contributed by atoms with E-state index in [4.69, 9.17) is 4.74 Å². The number of morpholine rings is 1. The summed E-state index contributed by atoms with van der Waals surface area (Å²) in [5.41, 5.74) is 3.16. The van der Waals surface area contributed by atoms with Crippen LogP contribution in [0.4, 0.5) is 0 Å². The lowest BCUT2D eigenvalue weighted by atomic mass is 9.83. The van der Waals surface area contributed by atoms with Crippen LogP contribution in [0, 0.1) is 11.3 Å². The Labute approximate surface area is 148 Å². The highest BCUT2D eigenvalue weighted by Gasteiger charge is 2.29. The average Bonchev–Trinajstić information content (AvgIpc) is 3.09. The summed E-state index contributed by atoms with van der Waals surface area (Å²) in [6.07, 6.45) is 0.343. The van der Waals surface area contributed by atoms with Crippen LogP contribution in [0.3, 0.4) is 0 Å². The fourth-order valence-corrected chi connectivity index (χ4v) is 4.08. The molecule has 3 nitrogen and oxygen atoms in total. The molecule has 126 valence electrons. The lowest BCUT2D eigenvalue weighted by Crippen LogP contribution is -2.42. The van der Waals surface area contributed by atoms with Gasteiger partial charge in [0.2, 0.25) is 0 Å². The molecule has 1 aromatic carbocycles. The van der Waals surface area contributed by atoms with Gasteiger partial charge in [-0.2, -0.15) is 16.6 Å². The Hall–Kier alpha value is -1.67. The van der Waals surface area contributed by atoms with Crippen molar-refractivity contribution < 1.29 is 4.74 Å². The van der Waals surface area contributed by atoms with E-state index < -0.39 is 5.41 Å². The molecule has 1 aromatic heterocycles. The van der Waals surface area contributed by atoms with Gasteiger partial charge in [-0.15, -0.1) is 0 Å². The fraction of sp³-hybridized carbons (Fsp3) is 0.450. The summed E-state index contributed by atoms with van der Waals surface area (Å²) in [5, 5.41) is 13.8. The maximum absolute atomic E-state index is 9.50. The third-order valence-electron chi connectivity index (χ3n) is 4.62. The van der Waals surface area contributed by atoms with E-state index in [-0.39, 0.29) is 12.2 Å². The van der Waals surface area contributed by atoms with Crippen LogP contribution in [0.2, 0.25) is 0 Å². The molecule has 0 amide bonds. The van der Waals surface area contributed by atoms with Crippen molar-refractivity contribution in [1.29, 1.82) is 5.26 Å². The first kappa shape index (κ1) is 17.2. The summed E-state index contributed by atoms with van der Waals surface area (Å²) in [6, 6.07) is 12.9. The van der Waals surface area contributed by atoms with Crippen molar-refractivity contribution in [2.75, 3.05) is 13.1 Å². The molecule has 2 aromatic rings. The van der Waals surface area contributed by atoms with Gasteiger partial charge in [0, 0.05) is 19.6 Å². The summed E-state index contributed by atoms with van der Waals surface area (Å²) >= 11 is 1.71. The van der Waals surface area contributed by atoms with E-state index in [0.29, 0.717) is 0 Å². The normalized spacial score (nSPS) is 22.2. The number of hydrogen-bond donors (Lipinski definition) is 0. The lowest BCUT2D eigenvalue weighted by Gasteiger charge is -2.37. The van der Waals surface area contributed by atoms with E-state index in [1.54, 1.807) is 11.3 Å². The number of benzene rings is 1. The molecule has 2 heterocycles. The third kappa shape index (κ3) is 3.70. The van der Waals surface area contributed by atoms with Crippen molar-refractivity contribution in [3.05, 3.63) is 57.8 Å². The number of thiophene rings is 1. The first-order valence-electron chi connectivity index (χ1n) is 8.39. The summed E-state index contributed by atoms with van der Waals surface area (Å²) in [7, 11) is 0. The maximum atomic E-state index is 9.50. The molecule has 0 radical (unpaired) electrons. The summed E-state index contributed by atoms with van der Waals surface area (Å²) in [4.78, 5) is 2.45. The molecule has 4 heteroatoms. The molecule has 0 spiro atoms. The Kier molecular flexibility index (Phi) is 5.05. The van der Waals surface area contributed by atoms with Gasteiger partial charge in [-0.1, -0.05) is 24.3 Å². The molecule has 0 bridgehead atoms. The fourth-order valence-electron chi connectivity index (χ4n) is 3.38. The first-order valence-corrected chi connectivity index (χ1v) is 9.33. The number of nitrogens with zero attached hydrogens (tertiary/aromatic N) is 2. The molecule has 1 aliphatic rings. The molecule has 0 aliphatic carbocycles. The van der Waals surface area contributed by atoms with E-state index in [2.05, 4.69) is 52.9 Å². The van der Waals surface area contributed by atoms with Gasteiger partial charge in [0.15, 0.2) is 0 Å². The Morgan fingerprint density at radius 2 is 2.08 bits per heavy atom. The number of nitriles is 1.